The first kappa shape index (κ1) is 14.0. The Morgan fingerprint density at radius 3 is 2.33 bits per heavy atom. The molecule has 0 saturated heterocycles. The number of phenols is 1. The van der Waals surface area contributed by atoms with Crippen molar-refractivity contribution in [2.45, 2.75) is 19.4 Å². The fourth-order valence-corrected chi connectivity index (χ4v) is 1.26. The third-order valence-electron chi connectivity index (χ3n) is 2.85. The third-order valence-corrected chi connectivity index (χ3v) is 2.85. The molecule has 0 fully saturated rings. The number of carbonyl (C=O) groups excluding carboxylic acids is 1. The number of aromatic hydroxyl groups is 1. The number of halogens is 1. The Hall–Kier alpha value is -2.11. The Balaban J connectivity index is 3.11. The highest BCUT2D eigenvalue weighted by Crippen LogP contribution is 2.20. The first-order valence-electron chi connectivity index (χ1n) is 5.18. The van der Waals surface area contributed by atoms with Crippen molar-refractivity contribution in [2.24, 2.45) is 0 Å². The Morgan fingerprint density at radius 2 is 1.89 bits per heavy atom. The van der Waals surface area contributed by atoms with Gasteiger partial charge in [-0.05, 0) is 26.0 Å². The minimum absolute atomic E-state index is 0.287. The molecule has 0 spiro atoms. The lowest BCUT2D eigenvalue weighted by Crippen LogP contribution is -2.50. The molecular weight excluding hydrogens is 241 g/mol. The van der Waals surface area contributed by atoms with Gasteiger partial charge in [0.15, 0.2) is 0 Å². The van der Waals surface area contributed by atoms with Gasteiger partial charge >= 0.3 is 5.97 Å². The van der Waals surface area contributed by atoms with Gasteiger partial charge in [-0.25, -0.2) is 9.18 Å². The molecule has 0 bridgehead atoms. The van der Waals surface area contributed by atoms with Crippen LogP contribution in [-0.4, -0.2) is 39.6 Å². The molecule has 0 aliphatic carbocycles. The molecule has 1 aromatic rings. The molecule has 0 atom stereocenters. The molecule has 0 aliphatic heterocycles. The third kappa shape index (κ3) is 2.42. The molecule has 0 aromatic heterocycles. The fourth-order valence-electron chi connectivity index (χ4n) is 1.26. The molecule has 0 unspecified atom stereocenters. The molecule has 2 N–H and O–H groups in total. The summed E-state index contributed by atoms with van der Waals surface area (Å²) in [6.45, 7) is 2.68. The van der Waals surface area contributed by atoms with Crippen LogP contribution >= 0.6 is 0 Å². The van der Waals surface area contributed by atoms with Crippen molar-refractivity contribution in [1.82, 2.24) is 4.90 Å². The second-order valence-corrected chi connectivity index (χ2v) is 4.39. The number of aliphatic carboxylic acids is 1. The van der Waals surface area contributed by atoms with Gasteiger partial charge < -0.3 is 15.1 Å². The van der Waals surface area contributed by atoms with Crippen molar-refractivity contribution in [3.63, 3.8) is 0 Å². The predicted molar refractivity (Wildman–Crippen MR) is 61.9 cm³/mol. The van der Waals surface area contributed by atoms with E-state index in [-0.39, 0.29) is 11.3 Å². The van der Waals surface area contributed by atoms with Crippen molar-refractivity contribution >= 4 is 11.9 Å². The number of likely N-dealkylation sites (N-methyl/N-ethyl adjacent to an activating group) is 1. The molecular formula is C12H14FNO4. The van der Waals surface area contributed by atoms with E-state index < -0.39 is 23.2 Å². The van der Waals surface area contributed by atoms with Crippen LogP contribution in [0.1, 0.15) is 24.2 Å². The Labute approximate surface area is 103 Å². The Kier molecular flexibility index (Phi) is 3.59. The summed E-state index contributed by atoms with van der Waals surface area (Å²) in [7, 11) is 1.28. The summed E-state index contributed by atoms with van der Waals surface area (Å²) in [5, 5.41) is 18.0. The summed E-state index contributed by atoms with van der Waals surface area (Å²) in [6, 6.07) is 3.08. The summed E-state index contributed by atoms with van der Waals surface area (Å²) in [4.78, 5) is 23.9. The van der Waals surface area contributed by atoms with E-state index >= 15 is 0 Å². The van der Waals surface area contributed by atoms with Crippen LogP contribution in [0, 0.1) is 5.82 Å². The number of carbonyl (C=O) groups is 2. The van der Waals surface area contributed by atoms with Crippen LogP contribution < -0.4 is 0 Å². The summed E-state index contributed by atoms with van der Waals surface area (Å²) >= 11 is 0. The molecule has 0 heterocycles. The Morgan fingerprint density at radius 1 is 1.33 bits per heavy atom. The normalized spacial score (nSPS) is 11.1. The second-order valence-electron chi connectivity index (χ2n) is 4.39. The zero-order valence-electron chi connectivity index (χ0n) is 10.3. The van der Waals surface area contributed by atoms with E-state index in [0.717, 1.165) is 23.1 Å². The van der Waals surface area contributed by atoms with Crippen molar-refractivity contribution < 1.29 is 24.2 Å². The largest absolute Gasteiger partial charge is 0.508 e. The lowest BCUT2D eigenvalue weighted by molar-refractivity contribution is -0.147. The number of nitrogens with zero attached hydrogens (tertiary/aromatic N) is 1. The van der Waals surface area contributed by atoms with Crippen LogP contribution in [0.2, 0.25) is 0 Å². The van der Waals surface area contributed by atoms with E-state index in [9.17, 15) is 14.0 Å². The van der Waals surface area contributed by atoms with Gasteiger partial charge in [0.2, 0.25) is 0 Å². The number of amides is 1. The molecule has 0 radical (unpaired) electrons. The van der Waals surface area contributed by atoms with Gasteiger partial charge in [-0.3, -0.25) is 4.79 Å². The van der Waals surface area contributed by atoms with Crippen LogP contribution in [0.3, 0.4) is 0 Å². The maximum absolute atomic E-state index is 13.5. The highest BCUT2D eigenvalue weighted by molar-refractivity contribution is 5.97. The number of carboxylic acids is 1. The molecule has 1 amide bonds. The molecule has 18 heavy (non-hydrogen) atoms. The van der Waals surface area contributed by atoms with E-state index in [4.69, 9.17) is 10.2 Å². The van der Waals surface area contributed by atoms with E-state index in [0.29, 0.717) is 0 Å². The van der Waals surface area contributed by atoms with E-state index in [1.165, 1.54) is 20.9 Å². The molecule has 0 aliphatic rings. The van der Waals surface area contributed by atoms with Gasteiger partial charge in [0.05, 0.1) is 5.56 Å². The van der Waals surface area contributed by atoms with Crippen LogP contribution in [0.4, 0.5) is 4.39 Å². The first-order valence-corrected chi connectivity index (χ1v) is 5.18. The molecule has 1 rings (SSSR count). The average Bonchev–Trinajstić information content (AvgIpc) is 2.26. The Bertz CT molecular complexity index is 499. The van der Waals surface area contributed by atoms with Crippen molar-refractivity contribution in [3.8, 4) is 5.75 Å². The maximum atomic E-state index is 13.5. The number of hydrogen-bond donors (Lipinski definition) is 2. The van der Waals surface area contributed by atoms with Crippen LogP contribution in [0.15, 0.2) is 18.2 Å². The summed E-state index contributed by atoms with van der Waals surface area (Å²) in [5.41, 5.74) is -1.74. The number of hydrogen-bond acceptors (Lipinski definition) is 3. The van der Waals surface area contributed by atoms with Gasteiger partial charge in [0.25, 0.3) is 5.91 Å². The molecule has 1 aromatic carbocycles. The summed E-state index contributed by atoms with van der Waals surface area (Å²) in [5.74, 6) is -3.16. The minimum atomic E-state index is -1.46. The molecule has 98 valence electrons. The lowest BCUT2D eigenvalue weighted by atomic mass is 10.0. The number of carboxylic acid groups (broad SMARTS) is 1. The zero-order valence-corrected chi connectivity index (χ0v) is 10.3. The monoisotopic (exact) mass is 255 g/mol. The fraction of sp³-hybridized carbons (Fsp3) is 0.333. The first-order chi connectivity index (χ1) is 8.17. The van der Waals surface area contributed by atoms with Crippen molar-refractivity contribution in [2.75, 3.05) is 7.05 Å². The van der Waals surface area contributed by atoms with Crippen molar-refractivity contribution in [1.29, 1.82) is 0 Å². The second kappa shape index (κ2) is 4.64. The van der Waals surface area contributed by atoms with Crippen molar-refractivity contribution in [3.05, 3.63) is 29.6 Å². The predicted octanol–water partition coefficient (Wildman–Crippen LogP) is 1.47. The SMILES string of the molecule is CN(C(=O)c1ccc(O)cc1F)C(C)(C)C(=O)O. The van der Waals surface area contributed by atoms with Gasteiger partial charge in [-0.15, -0.1) is 0 Å². The summed E-state index contributed by atoms with van der Waals surface area (Å²) < 4.78 is 13.5. The number of phenolic OH excluding ortho intramolecular Hbond substituents is 1. The molecule has 0 saturated carbocycles. The number of benzene rings is 1. The lowest BCUT2D eigenvalue weighted by Gasteiger charge is -2.31. The zero-order chi connectivity index (χ0) is 14.1. The maximum Gasteiger partial charge on any atom is 0.329 e. The summed E-state index contributed by atoms with van der Waals surface area (Å²) in [6.07, 6.45) is 0. The topological polar surface area (TPSA) is 77.8 Å². The van der Waals surface area contributed by atoms with Crippen LogP contribution in [0.5, 0.6) is 5.75 Å². The highest BCUT2D eigenvalue weighted by Gasteiger charge is 2.36. The smallest absolute Gasteiger partial charge is 0.329 e. The van der Waals surface area contributed by atoms with Gasteiger partial charge in [-0.2, -0.15) is 0 Å². The van der Waals surface area contributed by atoms with Crippen LogP contribution in [-0.2, 0) is 4.79 Å². The van der Waals surface area contributed by atoms with E-state index in [1.807, 2.05) is 0 Å². The average molecular weight is 255 g/mol. The van der Waals surface area contributed by atoms with Gasteiger partial charge in [-0.1, -0.05) is 0 Å². The van der Waals surface area contributed by atoms with Crippen LogP contribution in [0.25, 0.3) is 0 Å². The van der Waals surface area contributed by atoms with E-state index in [2.05, 4.69) is 0 Å². The van der Waals surface area contributed by atoms with Gasteiger partial charge in [0.1, 0.15) is 17.1 Å². The standard InChI is InChI=1S/C12H14FNO4/c1-12(2,11(17)18)14(3)10(16)8-5-4-7(15)6-9(8)13/h4-6,15H,1-3H3,(H,17,18). The highest BCUT2D eigenvalue weighted by atomic mass is 19.1. The number of rotatable bonds is 3. The molecule has 6 heteroatoms. The van der Waals surface area contributed by atoms with Gasteiger partial charge in [0, 0.05) is 13.1 Å². The van der Waals surface area contributed by atoms with E-state index in [1.54, 1.807) is 0 Å². The minimum Gasteiger partial charge on any atom is -0.508 e. The quantitative estimate of drug-likeness (QED) is 0.857. The molecule has 5 nitrogen and oxygen atoms in total.